The molecule has 0 aromatic heterocycles. The van der Waals surface area contributed by atoms with Gasteiger partial charge in [-0.2, -0.15) is 0 Å². The quantitative estimate of drug-likeness (QED) is 0.322. The van der Waals surface area contributed by atoms with Gasteiger partial charge in [0.1, 0.15) is 0 Å². The van der Waals surface area contributed by atoms with Gasteiger partial charge in [-0.1, -0.05) is 0 Å². The number of nitrogens with two attached hydrogens (primary N) is 1. The van der Waals surface area contributed by atoms with E-state index in [4.69, 9.17) is 5.73 Å². The van der Waals surface area contributed by atoms with Crippen LogP contribution in [0.1, 0.15) is 6.42 Å². The fourth-order valence-corrected chi connectivity index (χ4v) is 0.492. The number of rotatable bonds is 3. The third-order valence-electron chi connectivity index (χ3n) is 0.723. The average Bonchev–Trinajstić information content (AvgIpc) is 1.88. The summed E-state index contributed by atoms with van der Waals surface area (Å²) in [6.07, 6.45) is 0.481. The number of carbonyl (C=O) groups is 1. The lowest BCUT2D eigenvalue weighted by Gasteiger charge is -1.95. The lowest BCUT2D eigenvalue weighted by Crippen LogP contribution is -2.09. The second kappa shape index (κ2) is 5.19. The minimum Gasteiger partial charge on any atom is -0.454 e. The maximum absolute atomic E-state index is 10.2. The predicted molar refractivity (Wildman–Crippen MR) is 35.3 cm³/mol. The van der Waals surface area contributed by atoms with Crippen LogP contribution in [0, 0.1) is 0 Å². The molecule has 0 saturated carbocycles. The van der Waals surface area contributed by atoms with Crippen molar-refractivity contribution in [2.75, 3.05) is 13.2 Å². The molecule has 0 spiro atoms. The number of ether oxygens (including phenoxy) is 1. The summed E-state index contributed by atoms with van der Waals surface area (Å²) in [5.74, 6) is 0. The van der Waals surface area contributed by atoms with Gasteiger partial charge in [-0.05, 0) is 13.0 Å². The lowest BCUT2D eigenvalue weighted by atomic mass is 10.5. The van der Waals surface area contributed by atoms with Gasteiger partial charge >= 0.3 is 5.30 Å². The first-order valence-electron chi connectivity index (χ1n) is 2.69. The highest BCUT2D eigenvalue weighted by Gasteiger charge is 2.02. The summed E-state index contributed by atoms with van der Waals surface area (Å²) in [6, 6.07) is 0. The van der Waals surface area contributed by atoms with E-state index >= 15 is 0 Å². The molecule has 60 valence electrons. The van der Waals surface area contributed by atoms with E-state index in [0.717, 1.165) is 0 Å². The molecule has 0 fully saturated rings. The van der Waals surface area contributed by atoms with Crippen molar-refractivity contribution in [3.8, 4) is 0 Å². The van der Waals surface area contributed by atoms with Gasteiger partial charge in [-0.25, -0.2) is 13.2 Å². The molecule has 0 aromatic rings. The van der Waals surface area contributed by atoms with E-state index < -0.39 is 16.0 Å². The van der Waals surface area contributed by atoms with Crippen LogP contribution in [0.3, 0.4) is 0 Å². The van der Waals surface area contributed by atoms with Crippen molar-refractivity contribution in [1.82, 2.24) is 0 Å². The molecule has 0 radical (unpaired) electrons. The third kappa shape index (κ3) is 4.28. The van der Waals surface area contributed by atoms with Gasteiger partial charge in [0.2, 0.25) is 10.7 Å². The molecule has 2 N–H and O–H groups in total. The number of thiol groups is 1. The second-order valence-electron chi connectivity index (χ2n) is 1.51. The van der Waals surface area contributed by atoms with E-state index in [0.29, 0.717) is 13.0 Å². The fourth-order valence-electron chi connectivity index (χ4n) is 0.296. The molecule has 0 unspecified atom stereocenters. The Balaban J connectivity index is 3.41. The molecule has 0 saturated heterocycles. The van der Waals surface area contributed by atoms with Gasteiger partial charge in [-0.15, -0.1) is 0 Å². The highest BCUT2D eigenvalue weighted by atomic mass is 32.2. The van der Waals surface area contributed by atoms with E-state index in [1.165, 1.54) is 0 Å². The van der Waals surface area contributed by atoms with E-state index in [2.05, 4.69) is 4.74 Å². The van der Waals surface area contributed by atoms with Crippen molar-refractivity contribution >= 4 is 16.0 Å². The van der Waals surface area contributed by atoms with Gasteiger partial charge < -0.3 is 10.5 Å². The molecule has 0 aromatic carbocycles. The Labute approximate surface area is 60.1 Å². The summed E-state index contributed by atoms with van der Waals surface area (Å²) in [5.41, 5.74) is 5.05. The van der Waals surface area contributed by atoms with Crippen LogP contribution in [0.15, 0.2) is 0 Å². The monoisotopic (exact) mass is 167 g/mol. The minimum atomic E-state index is -3.08. The maximum atomic E-state index is 10.2. The van der Waals surface area contributed by atoms with Crippen LogP contribution >= 0.6 is 0 Å². The smallest absolute Gasteiger partial charge is 0.422 e. The van der Waals surface area contributed by atoms with Crippen molar-refractivity contribution in [2.45, 2.75) is 6.42 Å². The largest absolute Gasteiger partial charge is 0.454 e. The van der Waals surface area contributed by atoms with Crippen LogP contribution in [0.5, 0.6) is 0 Å². The van der Waals surface area contributed by atoms with E-state index in [-0.39, 0.29) is 6.61 Å². The average molecular weight is 167 g/mol. The molecule has 0 aliphatic rings. The van der Waals surface area contributed by atoms with E-state index in [9.17, 15) is 13.2 Å². The van der Waals surface area contributed by atoms with Gasteiger partial charge in [0.05, 0.1) is 6.61 Å². The van der Waals surface area contributed by atoms with Crippen molar-refractivity contribution < 1.29 is 17.9 Å². The topological polar surface area (TPSA) is 86.5 Å². The summed E-state index contributed by atoms with van der Waals surface area (Å²) >= 11 is 0. The number of hydrogen-bond acceptors (Lipinski definition) is 5. The van der Waals surface area contributed by atoms with Crippen LogP contribution in [-0.4, -0.2) is 26.9 Å². The Kier molecular flexibility index (Phi) is 4.87. The Bertz CT molecular complexity index is 168. The van der Waals surface area contributed by atoms with E-state index in [1.54, 1.807) is 0 Å². The van der Waals surface area contributed by atoms with Crippen molar-refractivity contribution in [2.24, 2.45) is 5.73 Å². The first-order chi connectivity index (χ1) is 4.68. The highest BCUT2D eigenvalue weighted by Crippen LogP contribution is 1.83. The molecule has 0 heterocycles. The number of carbonyl (C=O) groups excluding carboxylic acids is 1. The first kappa shape index (κ1) is 9.38. The Morgan fingerprint density at radius 3 is 2.50 bits per heavy atom. The van der Waals surface area contributed by atoms with Gasteiger partial charge in [-0.3, -0.25) is 0 Å². The molecule has 0 aliphatic carbocycles. The van der Waals surface area contributed by atoms with Crippen LogP contribution in [-0.2, 0) is 15.4 Å². The zero-order valence-electron chi connectivity index (χ0n) is 5.28. The first-order valence-corrected chi connectivity index (χ1v) is 3.87. The molecular weight excluding hydrogens is 158 g/mol. The lowest BCUT2D eigenvalue weighted by molar-refractivity contribution is 0.172. The van der Waals surface area contributed by atoms with Gasteiger partial charge in [0, 0.05) is 0 Å². The van der Waals surface area contributed by atoms with Crippen LogP contribution < -0.4 is 5.73 Å². The van der Waals surface area contributed by atoms with Crippen LogP contribution in [0.4, 0.5) is 4.79 Å². The minimum absolute atomic E-state index is 0.0681. The van der Waals surface area contributed by atoms with Crippen LogP contribution in [0.2, 0.25) is 0 Å². The molecule has 0 aliphatic heterocycles. The maximum Gasteiger partial charge on any atom is 0.422 e. The fraction of sp³-hybridized carbons (Fsp3) is 0.750. The van der Waals surface area contributed by atoms with Crippen LogP contribution in [0.25, 0.3) is 0 Å². The summed E-state index contributed by atoms with van der Waals surface area (Å²) in [6.45, 7) is 0.446. The summed E-state index contributed by atoms with van der Waals surface area (Å²) in [7, 11) is -3.08. The zero-order valence-corrected chi connectivity index (χ0v) is 6.17. The second-order valence-corrected chi connectivity index (χ2v) is 2.39. The van der Waals surface area contributed by atoms with Crippen molar-refractivity contribution in [3.05, 3.63) is 0 Å². The zero-order chi connectivity index (χ0) is 7.98. The summed E-state index contributed by atoms with van der Waals surface area (Å²) in [4.78, 5) is 10.2. The van der Waals surface area contributed by atoms with Crippen molar-refractivity contribution in [1.29, 1.82) is 0 Å². The Morgan fingerprint density at radius 1 is 1.50 bits per heavy atom. The van der Waals surface area contributed by atoms with Gasteiger partial charge in [0.15, 0.2) is 0 Å². The van der Waals surface area contributed by atoms with Gasteiger partial charge in [0.25, 0.3) is 0 Å². The summed E-state index contributed by atoms with van der Waals surface area (Å²) in [5, 5.41) is -1.19. The molecule has 6 heteroatoms. The SMILES string of the molecule is NCCCOC(=O)[SH](=O)=O. The molecule has 0 atom stereocenters. The molecular formula is C4H9NO4S. The third-order valence-corrected chi connectivity index (χ3v) is 1.15. The van der Waals surface area contributed by atoms with E-state index in [1.807, 2.05) is 0 Å². The molecule has 5 nitrogen and oxygen atoms in total. The number of hydrogen-bond donors (Lipinski definition) is 2. The molecule has 10 heavy (non-hydrogen) atoms. The Hall–Kier alpha value is -0.620. The van der Waals surface area contributed by atoms with Crippen molar-refractivity contribution in [3.63, 3.8) is 0 Å². The Morgan fingerprint density at radius 2 is 2.10 bits per heavy atom. The standard InChI is InChI=1S/C4H9NO4S/c5-2-1-3-9-4(6)10(7)8/h10H,1-3,5H2. The normalized spacial score (nSPS) is 9.80. The molecule has 0 amide bonds. The summed E-state index contributed by atoms with van der Waals surface area (Å²) < 4.78 is 23.9. The predicted octanol–water partition coefficient (Wildman–Crippen LogP) is -0.917. The highest BCUT2D eigenvalue weighted by molar-refractivity contribution is 7.88. The molecule has 0 bridgehead atoms. The molecule has 0 rings (SSSR count).